The molecule has 0 aliphatic heterocycles. The summed E-state index contributed by atoms with van der Waals surface area (Å²) in [4.78, 5) is 0. The summed E-state index contributed by atoms with van der Waals surface area (Å²) >= 11 is 0. The summed E-state index contributed by atoms with van der Waals surface area (Å²) in [7, 11) is -2.24. The van der Waals surface area contributed by atoms with Crippen LogP contribution in [0.4, 0.5) is 0 Å². The van der Waals surface area contributed by atoms with Crippen molar-refractivity contribution in [2.45, 2.75) is 40.0 Å². The highest BCUT2D eigenvalue weighted by atomic mass is 31.2. The molecule has 1 atom stereocenters. The lowest BCUT2D eigenvalue weighted by Crippen LogP contribution is -1.99. The molecule has 0 radical (unpaired) electrons. The van der Waals surface area contributed by atoms with Gasteiger partial charge >= 0.3 is 0 Å². The van der Waals surface area contributed by atoms with Crippen molar-refractivity contribution < 1.29 is 9.09 Å². The summed E-state index contributed by atoms with van der Waals surface area (Å²) in [5.74, 6) is 0. The molecule has 0 saturated carbocycles. The largest absolute Gasteiger partial charge is 0.329 e. The van der Waals surface area contributed by atoms with E-state index in [2.05, 4.69) is 13.8 Å². The van der Waals surface area contributed by atoms with Crippen LogP contribution in [0.15, 0.2) is 0 Å². The summed E-state index contributed by atoms with van der Waals surface area (Å²) in [6, 6.07) is 0. The van der Waals surface area contributed by atoms with Crippen LogP contribution < -0.4 is 0 Å². The predicted octanol–water partition coefficient (Wildman–Crippen LogP) is 3.51. The number of hydrogen-bond donors (Lipinski definition) is 0. The van der Waals surface area contributed by atoms with Crippen LogP contribution in [0.2, 0.25) is 0 Å². The van der Waals surface area contributed by atoms with E-state index in [-0.39, 0.29) is 0 Å². The first-order valence-corrected chi connectivity index (χ1v) is 6.90. The van der Waals surface area contributed by atoms with Crippen LogP contribution in [-0.4, -0.2) is 18.9 Å². The van der Waals surface area contributed by atoms with Crippen molar-refractivity contribution in [3.8, 4) is 0 Å². The van der Waals surface area contributed by atoms with Gasteiger partial charge in [0.05, 0.1) is 6.61 Å². The van der Waals surface area contributed by atoms with Crippen molar-refractivity contribution in [3.63, 3.8) is 0 Å². The molecule has 0 aliphatic rings. The molecule has 0 saturated heterocycles. The number of hydrogen-bond acceptors (Lipinski definition) is 2. The number of unbranched alkanes of at least 4 members (excludes halogenated alkanes) is 1. The van der Waals surface area contributed by atoms with Gasteiger partial charge in [0.1, 0.15) is 0 Å². The van der Waals surface area contributed by atoms with Crippen LogP contribution in [-0.2, 0) is 9.09 Å². The van der Waals surface area contributed by atoms with Gasteiger partial charge in [-0.1, -0.05) is 20.3 Å². The third kappa shape index (κ3) is 4.95. The normalized spacial score (nSPS) is 15.9. The highest BCUT2D eigenvalue weighted by Gasteiger charge is 2.19. The monoisotopic (exact) mass is 192 g/mol. The van der Waals surface area contributed by atoms with Crippen molar-refractivity contribution in [1.29, 1.82) is 0 Å². The third-order valence-corrected chi connectivity index (χ3v) is 4.64. The van der Waals surface area contributed by atoms with Gasteiger partial charge in [0.2, 0.25) is 7.37 Å². The minimum atomic E-state index is -2.24. The molecule has 1 unspecified atom stereocenters. The lowest BCUT2D eigenvalue weighted by molar-refractivity contribution is 0.332. The van der Waals surface area contributed by atoms with E-state index in [1.165, 1.54) is 0 Å². The zero-order valence-corrected chi connectivity index (χ0v) is 9.40. The van der Waals surface area contributed by atoms with Gasteiger partial charge in [-0.3, -0.25) is 4.57 Å². The molecule has 0 fully saturated rings. The Kier molecular flexibility index (Phi) is 6.78. The van der Waals surface area contributed by atoms with Crippen LogP contribution in [0.1, 0.15) is 40.0 Å². The van der Waals surface area contributed by atoms with E-state index in [0.717, 1.165) is 31.6 Å². The molecule has 0 heterocycles. The quantitative estimate of drug-likeness (QED) is 0.577. The van der Waals surface area contributed by atoms with Gasteiger partial charge in [-0.15, -0.1) is 0 Å². The van der Waals surface area contributed by atoms with Crippen molar-refractivity contribution in [2.24, 2.45) is 0 Å². The molecular formula is C9H21O2P. The van der Waals surface area contributed by atoms with Crippen LogP contribution in [0, 0.1) is 0 Å². The molecule has 0 bridgehead atoms. The molecule has 0 rings (SSSR count). The Hall–Kier alpha value is 0.190. The molecule has 0 aromatic rings. The van der Waals surface area contributed by atoms with E-state index >= 15 is 0 Å². The molecule has 74 valence electrons. The molecule has 0 spiro atoms. The lowest BCUT2D eigenvalue weighted by Gasteiger charge is -2.16. The molecule has 2 nitrogen and oxygen atoms in total. The molecule has 0 amide bonds. The zero-order valence-electron chi connectivity index (χ0n) is 8.51. The van der Waals surface area contributed by atoms with E-state index in [1.54, 1.807) is 0 Å². The van der Waals surface area contributed by atoms with Crippen LogP contribution in [0.25, 0.3) is 0 Å². The molecule has 12 heavy (non-hydrogen) atoms. The lowest BCUT2D eigenvalue weighted by atomic mass is 10.4. The van der Waals surface area contributed by atoms with E-state index in [4.69, 9.17) is 4.52 Å². The minimum Gasteiger partial charge on any atom is -0.329 e. The Morgan fingerprint density at radius 1 is 1.08 bits per heavy atom. The maximum atomic E-state index is 11.9. The fourth-order valence-electron chi connectivity index (χ4n) is 1.22. The summed E-state index contributed by atoms with van der Waals surface area (Å²) in [5, 5.41) is 0. The summed E-state index contributed by atoms with van der Waals surface area (Å²) in [6.45, 7) is 6.66. The van der Waals surface area contributed by atoms with Gasteiger partial charge in [-0.2, -0.15) is 0 Å². The molecule has 3 heteroatoms. The highest BCUT2D eigenvalue weighted by molar-refractivity contribution is 7.58. The highest BCUT2D eigenvalue weighted by Crippen LogP contribution is 2.47. The summed E-state index contributed by atoms with van der Waals surface area (Å²) in [6.07, 6.45) is 4.60. The molecular weight excluding hydrogens is 171 g/mol. The van der Waals surface area contributed by atoms with E-state index in [0.29, 0.717) is 6.61 Å². The van der Waals surface area contributed by atoms with Crippen LogP contribution >= 0.6 is 7.37 Å². The standard InChI is InChI=1S/C9H21O2P/c1-4-7-9-12(10,8-5-2)11-6-3/h4-9H2,1-3H3. The maximum absolute atomic E-state index is 11.9. The zero-order chi connectivity index (χ0) is 9.45. The smallest absolute Gasteiger partial charge is 0.203 e. The van der Waals surface area contributed by atoms with Gasteiger partial charge < -0.3 is 4.52 Å². The SMILES string of the molecule is CCCCP(=O)(CCC)OCC. The second kappa shape index (κ2) is 6.68. The number of rotatable bonds is 7. The van der Waals surface area contributed by atoms with Gasteiger partial charge in [-0.05, 0) is 19.8 Å². The molecule has 0 aromatic carbocycles. The first kappa shape index (κ1) is 12.2. The maximum Gasteiger partial charge on any atom is 0.203 e. The van der Waals surface area contributed by atoms with Gasteiger partial charge in [-0.25, -0.2) is 0 Å². The van der Waals surface area contributed by atoms with E-state index in [9.17, 15) is 4.57 Å². The Bertz CT molecular complexity index is 135. The fourth-order valence-corrected chi connectivity index (χ4v) is 3.65. The second-order valence-corrected chi connectivity index (χ2v) is 5.81. The van der Waals surface area contributed by atoms with Gasteiger partial charge in [0.25, 0.3) is 0 Å². The predicted molar refractivity (Wildman–Crippen MR) is 54.2 cm³/mol. The first-order valence-electron chi connectivity index (χ1n) is 4.91. The van der Waals surface area contributed by atoms with Gasteiger partial charge in [0.15, 0.2) is 0 Å². The van der Waals surface area contributed by atoms with E-state index < -0.39 is 7.37 Å². The molecule has 0 N–H and O–H groups in total. The second-order valence-electron chi connectivity index (χ2n) is 3.03. The van der Waals surface area contributed by atoms with Gasteiger partial charge in [0, 0.05) is 12.3 Å². The Balaban J connectivity index is 3.90. The molecule has 0 aromatic heterocycles. The Labute approximate surface area is 76.1 Å². The Morgan fingerprint density at radius 2 is 1.75 bits per heavy atom. The first-order chi connectivity index (χ1) is 5.68. The fraction of sp³-hybridized carbons (Fsp3) is 1.00. The summed E-state index contributed by atoms with van der Waals surface area (Å²) < 4.78 is 17.3. The Morgan fingerprint density at radius 3 is 2.17 bits per heavy atom. The third-order valence-electron chi connectivity index (χ3n) is 1.78. The van der Waals surface area contributed by atoms with Crippen molar-refractivity contribution in [3.05, 3.63) is 0 Å². The average molecular weight is 192 g/mol. The minimum absolute atomic E-state index is 0.584. The average Bonchev–Trinajstić information content (AvgIpc) is 2.02. The molecule has 0 aliphatic carbocycles. The van der Waals surface area contributed by atoms with E-state index in [1.807, 2.05) is 6.92 Å². The topological polar surface area (TPSA) is 26.3 Å². The van der Waals surface area contributed by atoms with Crippen LogP contribution in [0.5, 0.6) is 0 Å². The summed E-state index contributed by atoms with van der Waals surface area (Å²) in [5.41, 5.74) is 0. The van der Waals surface area contributed by atoms with Crippen LogP contribution in [0.3, 0.4) is 0 Å². The van der Waals surface area contributed by atoms with Crippen molar-refractivity contribution in [2.75, 3.05) is 18.9 Å². The van der Waals surface area contributed by atoms with Crippen molar-refractivity contribution >= 4 is 7.37 Å². The van der Waals surface area contributed by atoms with Crippen molar-refractivity contribution in [1.82, 2.24) is 0 Å².